The molecule has 0 atom stereocenters. The van der Waals surface area contributed by atoms with E-state index in [-0.39, 0.29) is 13.2 Å². The lowest BCUT2D eigenvalue weighted by Gasteiger charge is -2.18. The molecule has 0 aliphatic rings. The van der Waals surface area contributed by atoms with Crippen molar-refractivity contribution in [1.29, 1.82) is 0 Å². The molecule has 146 valence electrons. The Balaban J connectivity index is 2.24. The summed E-state index contributed by atoms with van der Waals surface area (Å²) in [6.07, 6.45) is 0.845. The monoisotopic (exact) mass is 382 g/mol. The van der Waals surface area contributed by atoms with Gasteiger partial charge in [0.2, 0.25) is 0 Å². The number of carbonyl (C=O) groups is 2. The first-order valence-electron chi connectivity index (χ1n) is 8.95. The van der Waals surface area contributed by atoms with Crippen molar-refractivity contribution < 1.29 is 28.5 Å². The lowest BCUT2D eigenvalue weighted by atomic mass is 9.98. The van der Waals surface area contributed by atoms with E-state index in [1.54, 1.807) is 0 Å². The van der Waals surface area contributed by atoms with Crippen molar-refractivity contribution >= 4 is 33.5 Å². The number of methoxy groups -OCH3 is 2. The van der Waals surface area contributed by atoms with Gasteiger partial charge in [-0.3, -0.25) is 0 Å². The van der Waals surface area contributed by atoms with Crippen LogP contribution in [0.3, 0.4) is 0 Å². The number of hydrogen-bond acceptors (Lipinski definition) is 6. The number of esters is 2. The lowest BCUT2D eigenvalue weighted by Crippen LogP contribution is -2.14. The Kier molecular flexibility index (Phi) is 5.99. The maximum atomic E-state index is 11.6. The van der Waals surface area contributed by atoms with Gasteiger partial charge in [-0.05, 0) is 18.1 Å². The van der Waals surface area contributed by atoms with E-state index in [1.807, 2.05) is 42.5 Å². The summed E-state index contributed by atoms with van der Waals surface area (Å²) in [7, 11) is 2.64. The Hall–Kier alpha value is -3.28. The summed E-state index contributed by atoms with van der Waals surface area (Å²) < 4.78 is 21.1. The first-order valence-corrected chi connectivity index (χ1v) is 8.95. The first kappa shape index (κ1) is 19.5. The highest BCUT2D eigenvalue weighted by Gasteiger charge is 2.18. The van der Waals surface area contributed by atoms with Crippen LogP contribution in [-0.4, -0.2) is 39.4 Å². The van der Waals surface area contributed by atoms with E-state index in [9.17, 15) is 9.59 Å². The molecule has 3 aromatic carbocycles. The van der Waals surface area contributed by atoms with Gasteiger partial charge in [-0.15, -0.1) is 0 Å². The van der Waals surface area contributed by atoms with Crippen LogP contribution in [0.1, 0.15) is 12.5 Å². The molecule has 0 bridgehead atoms. The molecule has 0 saturated heterocycles. The number of benzene rings is 3. The summed E-state index contributed by atoms with van der Waals surface area (Å²) in [6, 6.07) is 13.5. The van der Waals surface area contributed by atoms with E-state index in [1.165, 1.54) is 14.2 Å². The molecule has 0 unspecified atom stereocenters. The van der Waals surface area contributed by atoms with Crippen molar-refractivity contribution in [3.05, 3.63) is 48.0 Å². The number of ether oxygens (including phenoxy) is 4. The second-order valence-corrected chi connectivity index (χ2v) is 6.17. The summed E-state index contributed by atoms with van der Waals surface area (Å²) in [4.78, 5) is 23.2. The van der Waals surface area contributed by atoms with Crippen molar-refractivity contribution in [2.45, 2.75) is 13.3 Å². The Morgan fingerprint density at radius 2 is 1.25 bits per heavy atom. The lowest BCUT2D eigenvalue weighted by molar-refractivity contribution is -0.143. The molecule has 0 aromatic heterocycles. The number of fused-ring (bicyclic) bond motifs is 2. The van der Waals surface area contributed by atoms with Crippen molar-refractivity contribution in [1.82, 2.24) is 0 Å². The summed E-state index contributed by atoms with van der Waals surface area (Å²) in [5.41, 5.74) is 1.12. The van der Waals surface area contributed by atoms with Crippen molar-refractivity contribution in [2.24, 2.45) is 0 Å². The van der Waals surface area contributed by atoms with Crippen molar-refractivity contribution in [2.75, 3.05) is 27.4 Å². The molecule has 0 saturated carbocycles. The van der Waals surface area contributed by atoms with E-state index >= 15 is 0 Å². The van der Waals surface area contributed by atoms with Crippen LogP contribution in [-0.2, 0) is 25.5 Å². The number of hydrogen-bond donors (Lipinski definition) is 0. The Morgan fingerprint density at radius 1 is 0.750 bits per heavy atom. The minimum atomic E-state index is -0.464. The third-order valence-corrected chi connectivity index (χ3v) is 4.52. The molecule has 6 nitrogen and oxygen atoms in total. The number of carbonyl (C=O) groups excluding carboxylic acids is 2. The zero-order chi connectivity index (χ0) is 20.1. The van der Waals surface area contributed by atoms with Gasteiger partial charge in [0.15, 0.2) is 13.2 Å². The molecular weight excluding hydrogens is 360 g/mol. The normalized spacial score (nSPS) is 10.7. The Bertz CT molecular complexity index is 1020. The van der Waals surface area contributed by atoms with Gasteiger partial charge in [0.25, 0.3) is 0 Å². The minimum absolute atomic E-state index is 0.200. The molecule has 0 spiro atoms. The van der Waals surface area contributed by atoms with Crippen LogP contribution in [0.5, 0.6) is 11.5 Å². The van der Waals surface area contributed by atoms with E-state index in [0.717, 1.165) is 33.5 Å². The van der Waals surface area contributed by atoms with E-state index in [2.05, 4.69) is 6.92 Å². The summed E-state index contributed by atoms with van der Waals surface area (Å²) in [5, 5.41) is 3.16. The van der Waals surface area contributed by atoms with Gasteiger partial charge in [0, 0.05) is 21.5 Å². The molecule has 0 N–H and O–H groups in total. The van der Waals surface area contributed by atoms with E-state index < -0.39 is 11.9 Å². The van der Waals surface area contributed by atoms with E-state index in [4.69, 9.17) is 18.9 Å². The van der Waals surface area contributed by atoms with Gasteiger partial charge < -0.3 is 18.9 Å². The summed E-state index contributed by atoms with van der Waals surface area (Å²) in [6.45, 7) is 1.66. The van der Waals surface area contributed by atoms with Crippen LogP contribution in [0, 0.1) is 0 Å². The topological polar surface area (TPSA) is 71.1 Å². The molecule has 6 heteroatoms. The van der Waals surface area contributed by atoms with Gasteiger partial charge in [-0.2, -0.15) is 0 Å². The molecule has 28 heavy (non-hydrogen) atoms. The molecule has 0 amide bonds. The molecular formula is C22H22O6. The zero-order valence-electron chi connectivity index (χ0n) is 16.1. The molecule has 0 fully saturated rings. The third-order valence-electron chi connectivity index (χ3n) is 4.52. The Morgan fingerprint density at radius 3 is 1.75 bits per heavy atom. The van der Waals surface area contributed by atoms with Crippen LogP contribution in [0.15, 0.2) is 42.5 Å². The zero-order valence-corrected chi connectivity index (χ0v) is 16.1. The smallest absolute Gasteiger partial charge is 0.343 e. The fourth-order valence-electron chi connectivity index (χ4n) is 3.06. The molecule has 3 rings (SSSR count). The van der Waals surface area contributed by atoms with Gasteiger partial charge >= 0.3 is 11.9 Å². The van der Waals surface area contributed by atoms with Gasteiger partial charge in [0.1, 0.15) is 11.5 Å². The average molecular weight is 382 g/mol. The molecule has 3 aromatic rings. The van der Waals surface area contributed by atoms with Gasteiger partial charge in [-0.25, -0.2) is 9.59 Å². The van der Waals surface area contributed by atoms with Crippen LogP contribution >= 0.6 is 0 Å². The maximum Gasteiger partial charge on any atom is 0.343 e. The third kappa shape index (κ3) is 3.86. The predicted octanol–water partition coefficient (Wildman–Crippen LogP) is 3.66. The fourth-order valence-corrected chi connectivity index (χ4v) is 3.06. The van der Waals surface area contributed by atoms with Crippen LogP contribution in [0.2, 0.25) is 0 Å². The predicted molar refractivity (Wildman–Crippen MR) is 106 cm³/mol. The largest absolute Gasteiger partial charge is 0.481 e. The second kappa shape index (κ2) is 8.61. The van der Waals surface area contributed by atoms with Gasteiger partial charge in [-0.1, -0.05) is 43.3 Å². The highest BCUT2D eigenvalue weighted by atomic mass is 16.6. The number of rotatable bonds is 7. The average Bonchev–Trinajstić information content (AvgIpc) is 2.74. The minimum Gasteiger partial charge on any atom is -0.481 e. The Labute approximate surface area is 162 Å². The SMILES string of the molecule is CCc1ccc2c(OCC(=O)OC)c3ccccc3c(OCC(=O)OC)c2c1. The maximum absolute atomic E-state index is 11.6. The van der Waals surface area contributed by atoms with Crippen molar-refractivity contribution in [3.63, 3.8) is 0 Å². The number of aryl methyl sites for hydroxylation is 1. The highest BCUT2D eigenvalue weighted by molar-refractivity contribution is 6.11. The molecule has 0 aliphatic carbocycles. The molecule has 0 heterocycles. The van der Waals surface area contributed by atoms with Crippen LogP contribution in [0.25, 0.3) is 21.5 Å². The molecule has 0 radical (unpaired) electrons. The first-order chi connectivity index (χ1) is 13.6. The van der Waals surface area contributed by atoms with Crippen LogP contribution < -0.4 is 9.47 Å². The molecule has 0 aliphatic heterocycles. The fraction of sp³-hybridized carbons (Fsp3) is 0.273. The van der Waals surface area contributed by atoms with E-state index in [0.29, 0.717) is 11.5 Å². The standard InChI is InChI=1S/C22H22O6/c1-4-14-9-10-17-18(11-14)22(28-13-20(24)26-3)16-8-6-5-7-15(16)21(17)27-12-19(23)25-2/h5-11H,4,12-13H2,1-3H3. The highest BCUT2D eigenvalue weighted by Crippen LogP contribution is 2.43. The van der Waals surface area contributed by atoms with Crippen molar-refractivity contribution in [3.8, 4) is 11.5 Å². The summed E-state index contributed by atoms with van der Waals surface area (Å²) >= 11 is 0. The van der Waals surface area contributed by atoms with Crippen LogP contribution in [0.4, 0.5) is 0 Å². The summed E-state index contributed by atoms with van der Waals surface area (Å²) in [5.74, 6) is 0.226. The quantitative estimate of drug-likeness (QED) is 0.459. The van der Waals surface area contributed by atoms with Gasteiger partial charge in [0.05, 0.1) is 14.2 Å². The second-order valence-electron chi connectivity index (χ2n) is 6.17.